The third-order valence-electron chi connectivity index (χ3n) is 4.10. The summed E-state index contributed by atoms with van der Waals surface area (Å²) in [6.45, 7) is 1.64. The summed E-state index contributed by atoms with van der Waals surface area (Å²) in [6, 6.07) is 9.81. The summed E-state index contributed by atoms with van der Waals surface area (Å²) >= 11 is 5.36. The minimum Gasteiger partial charge on any atom is -0.616 e. The minimum atomic E-state index is -0.778. The Hall–Kier alpha value is -2.16. The van der Waals surface area contributed by atoms with Gasteiger partial charge >= 0.3 is 0 Å². The van der Waals surface area contributed by atoms with E-state index in [1.807, 2.05) is 35.2 Å². The number of fused-ring (bicyclic) bond motifs is 1. The average molecular weight is 390 g/mol. The molecule has 4 rings (SSSR count). The standard InChI is InChI=1S/C17H16ClN5O2S/c18-17-21-14-13(15(22-17)23-6-8-26(24)9-7-23)19-11-20-16(14)25-10-12-4-2-1-3-5-12/h1-5,11H,6-10H2. The molecule has 3 heterocycles. The van der Waals surface area contributed by atoms with Gasteiger partial charge in [-0.2, -0.15) is 9.97 Å². The van der Waals surface area contributed by atoms with Crippen molar-refractivity contribution >= 4 is 39.6 Å². The van der Waals surface area contributed by atoms with Gasteiger partial charge < -0.3 is 14.2 Å². The molecule has 0 N–H and O–H groups in total. The molecule has 26 heavy (non-hydrogen) atoms. The van der Waals surface area contributed by atoms with Crippen LogP contribution in [0.3, 0.4) is 0 Å². The normalized spacial score (nSPS) is 15.4. The van der Waals surface area contributed by atoms with E-state index in [0.29, 0.717) is 53.9 Å². The summed E-state index contributed by atoms with van der Waals surface area (Å²) in [4.78, 5) is 19.2. The number of benzene rings is 1. The molecule has 1 fully saturated rings. The highest BCUT2D eigenvalue weighted by Gasteiger charge is 2.24. The molecular weight excluding hydrogens is 374 g/mol. The Balaban J connectivity index is 1.67. The van der Waals surface area contributed by atoms with Crippen molar-refractivity contribution in [1.29, 1.82) is 0 Å². The molecule has 1 aliphatic heterocycles. The lowest BCUT2D eigenvalue weighted by Crippen LogP contribution is -2.41. The number of hydrogen-bond donors (Lipinski definition) is 0. The van der Waals surface area contributed by atoms with Crippen molar-refractivity contribution in [3.8, 4) is 5.88 Å². The smallest absolute Gasteiger partial charge is 0.244 e. The topological polar surface area (TPSA) is 87.1 Å². The van der Waals surface area contributed by atoms with E-state index in [9.17, 15) is 4.55 Å². The fraction of sp³-hybridized carbons (Fsp3) is 0.294. The SMILES string of the molecule is [O-][S+]1CCN(c2nc(Cl)nc3c(OCc4ccccc4)ncnc23)CC1. The number of anilines is 1. The summed E-state index contributed by atoms with van der Waals surface area (Å²) in [5.41, 5.74) is 2.09. The third-order valence-corrected chi connectivity index (χ3v) is 5.54. The lowest BCUT2D eigenvalue weighted by atomic mass is 10.2. The molecule has 134 valence electrons. The third kappa shape index (κ3) is 3.67. The van der Waals surface area contributed by atoms with E-state index in [1.165, 1.54) is 6.33 Å². The van der Waals surface area contributed by atoms with Crippen LogP contribution < -0.4 is 9.64 Å². The Labute approximate surface area is 158 Å². The number of nitrogens with zero attached hydrogens (tertiary/aromatic N) is 5. The predicted octanol–water partition coefficient (Wildman–Crippen LogP) is 2.22. The Kier molecular flexibility index (Phi) is 5.05. The largest absolute Gasteiger partial charge is 0.616 e. The molecule has 1 aliphatic rings. The zero-order valence-corrected chi connectivity index (χ0v) is 15.4. The summed E-state index contributed by atoms with van der Waals surface area (Å²) < 4.78 is 17.5. The van der Waals surface area contributed by atoms with E-state index >= 15 is 0 Å². The molecule has 0 amide bonds. The van der Waals surface area contributed by atoms with Gasteiger partial charge in [0, 0.05) is 0 Å². The first-order valence-electron chi connectivity index (χ1n) is 8.15. The first kappa shape index (κ1) is 17.3. The van der Waals surface area contributed by atoms with E-state index < -0.39 is 11.2 Å². The van der Waals surface area contributed by atoms with Crippen LogP contribution in [0.25, 0.3) is 11.0 Å². The van der Waals surface area contributed by atoms with E-state index in [4.69, 9.17) is 16.3 Å². The van der Waals surface area contributed by atoms with E-state index in [2.05, 4.69) is 19.9 Å². The van der Waals surface area contributed by atoms with Crippen LogP contribution in [-0.4, -0.2) is 49.1 Å². The second kappa shape index (κ2) is 7.61. The molecule has 9 heteroatoms. The van der Waals surface area contributed by atoms with Crippen LogP contribution >= 0.6 is 11.6 Å². The lowest BCUT2D eigenvalue weighted by Gasteiger charge is -2.29. The van der Waals surface area contributed by atoms with Crippen LogP contribution in [0.5, 0.6) is 5.88 Å². The Morgan fingerprint density at radius 3 is 2.62 bits per heavy atom. The highest BCUT2D eigenvalue weighted by atomic mass is 35.5. The van der Waals surface area contributed by atoms with Gasteiger partial charge in [0.05, 0.1) is 13.1 Å². The molecule has 0 bridgehead atoms. The molecule has 1 aromatic carbocycles. The number of hydrogen-bond acceptors (Lipinski definition) is 7. The zero-order chi connectivity index (χ0) is 17.9. The van der Waals surface area contributed by atoms with Gasteiger partial charge in [0.15, 0.2) is 11.3 Å². The molecule has 0 spiro atoms. The number of halogens is 1. The Morgan fingerprint density at radius 1 is 1.08 bits per heavy atom. The molecule has 2 aromatic heterocycles. The maximum Gasteiger partial charge on any atom is 0.244 e. The van der Waals surface area contributed by atoms with Gasteiger partial charge in [-0.3, -0.25) is 0 Å². The van der Waals surface area contributed by atoms with E-state index in [1.54, 1.807) is 0 Å². The van der Waals surface area contributed by atoms with Gasteiger partial charge in [-0.15, -0.1) is 0 Å². The second-order valence-corrected chi connectivity index (χ2v) is 7.84. The van der Waals surface area contributed by atoms with Crippen LogP contribution in [-0.2, 0) is 17.8 Å². The number of rotatable bonds is 4. The monoisotopic (exact) mass is 389 g/mol. The molecule has 3 aromatic rings. The molecule has 0 aliphatic carbocycles. The molecule has 0 unspecified atom stereocenters. The van der Waals surface area contributed by atoms with E-state index in [0.717, 1.165) is 5.56 Å². The van der Waals surface area contributed by atoms with Crippen LogP contribution in [0.15, 0.2) is 36.7 Å². The minimum absolute atomic E-state index is 0.110. The van der Waals surface area contributed by atoms with Crippen LogP contribution in [0, 0.1) is 0 Å². The van der Waals surface area contributed by atoms with Gasteiger partial charge in [-0.25, -0.2) is 9.97 Å². The lowest BCUT2D eigenvalue weighted by molar-refractivity contribution is 0.297. The van der Waals surface area contributed by atoms with Crippen molar-refractivity contribution in [2.45, 2.75) is 6.61 Å². The first-order chi connectivity index (χ1) is 12.7. The van der Waals surface area contributed by atoms with Crippen LogP contribution in [0.2, 0.25) is 5.28 Å². The maximum absolute atomic E-state index is 11.6. The quantitative estimate of drug-likeness (QED) is 0.499. The Morgan fingerprint density at radius 2 is 1.85 bits per heavy atom. The number of aromatic nitrogens is 4. The van der Waals surface area contributed by atoms with Crippen molar-refractivity contribution < 1.29 is 9.29 Å². The van der Waals surface area contributed by atoms with E-state index in [-0.39, 0.29) is 5.28 Å². The summed E-state index contributed by atoms with van der Waals surface area (Å²) in [5, 5.41) is 0.110. The highest BCUT2D eigenvalue weighted by molar-refractivity contribution is 7.91. The van der Waals surface area contributed by atoms with Crippen molar-refractivity contribution in [1.82, 2.24) is 19.9 Å². The highest BCUT2D eigenvalue weighted by Crippen LogP contribution is 2.29. The van der Waals surface area contributed by atoms with Crippen LogP contribution in [0.1, 0.15) is 5.56 Å². The van der Waals surface area contributed by atoms with Crippen LogP contribution in [0.4, 0.5) is 5.82 Å². The van der Waals surface area contributed by atoms with Gasteiger partial charge in [0.25, 0.3) is 0 Å². The van der Waals surface area contributed by atoms with Crippen molar-refractivity contribution in [3.63, 3.8) is 0 Å². The zero-order valence-electron chi connectivity index (χ0n) is 13.8. The van der Waals surface area contributed by atoms with Gasteiger partial charge in [0.1, 0.15) is 30.0 Å². The molecule has 0 saturated carbocycles. The Bertz CT molecular complexity index is 906. The predicted molar refractivity (Wildman–Crippen MR) is 101 cm³/mol. The molecule has 7 nitrogen and oxygen atoms in total. The molecular formula is C17H16ClN5O2S. The van der Waals surface area contributed by atoms with Gasteiger partial charge in [0.2, 0.25) is 11.2 Å². The van der Waals surface area contributed by atoms with Gasteiger partial charge in [-0.05, 0) is 17.2 Å². The summed E-state index contributed by atoms with van der Waals surface area (Å²) in [6.07, 6.45) is 1.44. The summed E-state index contributed by atoms with van der Waals surface area (Å²) in [7, 11) is 0. The molecule has 0 radical (unpaired) electrons. The van der Waals surface area contributed by atoms with Crippen molar-refractivity contribution in [2.24, 2.45) is 0 Å². The molecule has 0 atom stereocenters. The summed E-state index contributed by atoms with van der Waals surface area (Å²) in [5.74, 6) is 2.20. The average Bonchev–Trinajstić information content (AvgIpc) is 2.67. The maximum atomic E-state index is 11.6. The fourth-order valence-corrected chi connectivity index (χ4v) is 4.00. The first-order valence-corrected chi connectivity index (χ1v) is 10.0. The molecule has 1 saturated heterocycles. The van der Waals surface area contributed by atoms with Crippen molar-refractivity contribution in [2.75, 3.05) is 29.5 Å². The second-order valence-electron chi connectivity index (χ2n) is 5.80. The van der Waals surface area contributed by atoms with Crippen molar-refractivity contribution in [3.05, 3.63) is 47.5 Å². The number of ether oxygens (including phenoxy) is 1. The van der Waals surface area contributed by atoms with Gasteiger partial charge in [-0.1, -0.05) is 41.5 Å². The fourth-order valence-electron chi connectivity index (χ4n) is 2.79.